The number of carbonyl (C=O) groups excluding carboxylic acids is 1. The van der Waals surface area contributed by atoms with E-state index in [0.29, 0.717) is 12.2 Å². The molecule has 4 nitrogen and oxygen atoms in total. The first-order valence-electron chi connectivity index (χ1n) is 4.26. The molecule has 1 fully saturated rings. The Morgan fingerprint density at radius 2 is 2.29 bits per heavy atom. The molecule has 1 unspecified atom stereocenters. The van der Waals surface area contributed by atoms with Crippen LogP contribution in [0.15, 0.2) is 23.7 Å². The van der Waals surface area contributed by atoms with Crippen LogP contribution in [0.25, 0.3) is 0 Å². The first-order chi connectivity index (χ1) is 6.84. The fourth-order valence-electron chi connectivity index (χ4n) is 1.14. The molecule has 0 radical (unpaired) electrons. The maximum atomic E-state index is 10.9. The third-order valence-corrected chi connectivity index (χ3v) is 2.97. The van der Waals surface area contributed by atoms with E-state index < -0.39 is 0 Å². The molecule has 1 saturated heterocycles. The first kappa shape index (κ1) is 9.33. The highest BCUT2D eigenvalue weighted by atomic mass is 32.2. The molecule has 1 aromatic rings. The molecule has 0 amide bonds. The number of thioether (sulfide) groups is 1. The molecule has 2 rings (SSSR count). The van der Waals surface area contributed by atoms with Crippen LogP contribution in [0.1, 0.15) is 12.0 Å². The summed E-state index contributed by atoms with van der Waals surface area (Å²) < 4.78 is 0. The van der Waals surface area contributed by atoms with E-state index >= 15 is 0 Å². The van der Waals surface area contributed by atoms with Gasteiger partial charge in [-0.25, -0.2) is 9.97 Å². The maximum absolute atomic E-state index is 10.9. The molecule has 0 N–H and O–H groups in total. The van der Waals surface area contributed by atoms with Crippen LogP contribution >= 0.6 is 11.8 Å². The number of Topliss-reactive ketones (excluding diaryl/α,β-unsaturated/α-hetero) is 1. The van der Waals surface area contributed by atoms with Gasteiger partial charge in [-0.15, -0.1) is 11.8 Å². The van der Waals surface area contributed by atoms with Crippen molar-refractivity contribution < 1.29 is 4.79 Å². The van der Waals surface area contributed by atoms with Crippen molar-refractivity contribution in [3.8, 4) is 0 Å². The van der Waals surface area contributed by atoms with E-state index in [9.17, 15) is 4.79 Å². The van der Waals surface area contributed by atoms with Gasteiger partial charge in [0.25, 0.3) is 0 Å². The molecule has 2 heterocycles. The van der Waals surface area contributed by atoms with Gasteiger partial charge in [-0.05, 0) is 0 Å². The monoisotopic (exact) mass is 207 g/mol. The topological polar surface area (TPSA) is 55.2 Å². The fraction of sp³-hybridized carbons (Fsp3) is 0.333. The number of rotatable bonds is 2. The summed E-state index contributed by atoms with van der Waals surface area (Å²) >= 11 is 1.58. The number of aromatic nitrogens is 2. The van der Waals surface area contributed by atoms with Gasteiger partial charge in [0.15, 0.2) is 0 Å². The fourth-order valence-corrected chi connectivity index (χ4v) is 2.09. The number of hydrogen-bond donors (Lipinski definition) is 0. The minimum absolute atomic E-state index is 0.0858. The molecule has 1 atom stereocenters. The number of hydrogen-bond acceptors (Lipinski definition) is 5. The summed E-state index contributed by atoms with van der Waals surface area (Å²) in [6.45, 7) is 0. The Morgan fingerprint density at radius 3 is 2.93 bits per heavy atom. The van der Waals surface area contributed by atoms with E-state index in [1.807, 2.05) is 0 Å². The zero-order valence-corrected chi connectivity index (χ0v) is 8.28. The Kier molecular flexibility index (Phi) is 2.88. The van der Waals surface area contributed by atoms with Crippen LogP contribution in [0.3, 0.4) is 0 Å². The lowest BCUT2D eigenvalue weighted by Gasteiger charge is -1.97. The third-order valence-electron chi connectivity index (χ3n) is 1.81. The summed E-state index contributed by atoms with van der Waals surface area (Å²) in [4.78, 5) is 23.0. The van der Waals surface area contributed by atoms with Crippen LogP contribution in [0.4, 0.5) is 0 Å². The molecule has 1 aliphatic rings. The van der Waals surface area contributed by atoms with Gasteiger partial charge in [-0.3, -0.25) is 9.79 Å². The van der Waals surface area contributed by atoms with E-state index in [1.165, 1.54) is 6.33 Å². The second kappa shape index (κ2) is 4.32. The van der Waals surface area contributed by atoms with Crippen molar-refractivity contribution in [2.75, 3.05) is 5.75 Å². The number of nitrogens with zero attached hydrogens (tertiary/aromatic N) is 3. The Labute approximate surface area is 85.9 Å². The molecule has 72 valence electrons. The van der Waals surface area contributed by atoms with E-state index in [-0.39, 0.29) is 11.2 Å². The third kappa shape index (κ3) is 2.38. The Morgan fingerprint density at radius 1 is 1.50 bits per heavy atom. The van der Waals surface area contributed by atoms with E-state index in [2.05, 4.69) is 15.0 Å². The van der Waals surface area contributed by atoms with Gasteiger partial charge >= 0.3 is 0 Å². The van der Waals surface area contributed by atoms with Crippen molar-refractivity contribution in [1.82, 2.24) is 9.97 Å². The Balaban J connectivity index is 1.97. The average Bonchev–Trinajstić information content (AvgIpc) is 2.63. The number of carbonyl (C=O) groups is 1. The molecule has 1 aromatic heterocycles. The van der Waals surface area contributed by atoms with Gasteiger partial charge in [0.05, 0.1) is 5.75 Å². The second-order valence-electron chi connectivity index (χ2n) is 2.96. The van der Waals surface area contributed by atoms with Crippen LogP contribution in [0, 0.1) is 0 Å². The maximum Gasteiger partial charge on any atom is 0.145 e. The van der Waals surface area contributed by atoms with Crippen molar-refractivity contribution >= 4 is 23.8 Å². The van der Waals surface area contributed by atoms with E-state index in [1.54, 1.807) is 30.4 Å². The largest absolute Gasteiger partial charge is 0.299 e. The van der Waals surface area contributed by atoms with Crippen molar-refractivity contribution in [2.45, 2.75) is 11.8 Å². The predicted molar refractivity (Wildman–Crippen MR) is 55.5 cm³/mol. The van der Waals surface area contributed by atoms with Crippen LogP contribution in [-0.4, -0.2) is 33.1 Å². The standard InChI is InChI=1S/C9H9N3OS/c13-8-1-9(14-5-8)12-4-7-2-10-6-11-3-7/h2-4,6,9H,1,5H2. The molecule has 1 aliphatic heterocycles. The van der Waals surface area contributed by atoms with Gasteiger partial charge in [0, 0.05) is 30.6 Å². The number of aliphatic imine (C=N–C) groups is 1. The zero-order chi connectivity index (χ0) is 9.80. The van der Waals surface area contributed by atoms with Crippen molar-refractivity contribution in [3.05, 3.63) is 24.3 Å². The number of ketones is 1. The lowest BCUT2D eigenvalue weighted by Crippen LogP contribution is -1.97. The van der Waals surface area contributed by atoms with Crippen molar-refractivity contribution in [3.63, 3.8) is 0 Å². The molecule has 0 aromatic carbocycles. The summed E-state index contributed by atoms with van der Waals surface area (Å²) in [6.07, 6.45) is 7.13. The summed E-state index contributed by atoms with van der Waals surface area (Å²) in [6, 6.07) is 0. The smallest absolute Gasteiger partial charge is 0.145 e. The highest BCUT2D eigenvalue weighted by Crippen LogP contribution is 2.24. The second-order valence-corrected chi connectivity index (χ2v) is 4.12. The average molecular weight is 207 g/mol. The van der Waals surface area contributed by atoms with Gasteiger partial charge in [-0.2, -0.15) is 0 Å². The molecule has 0 saturated carbocycles. The normalized spacial score (nSPS) is 22.0. The first-order valence-corrected chi connectivity index (χ1v) is 5.31. The van der Waals surface area contributed by atoms with Gasteiger partial charge in [0.1, 0.15) is 17.5 Å². The minimum Gasteiger partial charge on any atom is -0.299 e. The van der Waals surface area contributed by atoms with Crippen molar-refractivity contribution in [1.29, 1.82) is 0 Å². The van der Waals surface area contributed by atoms with Gasteiger partial charge in [0.2, 0.25) is 0 Å². The molecular formula is C9H9N3OS. The lowest BCUT2D eigenvalue weighted by molar-refractivity contribution is -0.116. The van der Waals surface area contributed by atoms with Crippen LogP contribution in [0.5, 0.6) is 0 Å². The molecule has 5 heteroatoms. The predicted octanol–water partition coefficient (Wildman–Crippen LogP) is 0.928. The van der Waals surface area contributed by atoms with E-state index in [0.717, 1.165) is 5.56 Å². The molecular weight excluding hydrogens is 198 g/mol. The zero-order valence-electron chi connectivity index (χ0n) is 7.46. The summed E-state index contributed by atoms with van der Waals surface area (Å²) in [5.41, 5.74) is 0.868. The Hall–Kier alpha value is -1.23. The summed E-state index contributed by atoms with van der Waals surface area (Å²) in [5, 5.41) is 0.0858. The molecule has 14 heavy (non-hydrogen) atoms. The van der Waals surface area contributed by atoms with Crippen LogP contribution < -0.4 is 0 Å². The molecule has 0 aliphatic carbocycles. The lowest BCUT2D eigenvalue weighted by atomic mass is 10.3. The van der Waals surface area contributed by atoms with Crippen molar-refractivity contribution in [2.24, 2.45) is 4.99 Å². The Bertz CT molecular complexity index is 352. The van der Waals surface area contributed by atoms with Crippen LogP contribution in [0.2, 0.25) is 0 Å². The highest BCUT2D eigenvalue weighted by molar-refractivity contribution is 8.01. The van der Waals surface area contributed by atoms with Crippen LogP contribution in [-0.2, 0) is 4.79 Å². The van der Waals surface area contributed by atoms with Gasteiger partial charge < -0.3 is 0 Å². The van der Waals surface area contributed by atoms with Gasteiger partial charge in [-0.1, -0.05) is 0 Å². The quantitative estimate of drug-likeness (QED) is 0.677. The summed E-state index contributed by atoms with van der Waals surface area (Å²) in [5.74, 6) is 0.870. The minimum atomic E-state index is 0.0858. The highest BCUT2D eigenvalue weighted by Gasteiger charge is 2.20. The molecule has 0 bridgehead atoms. The summed E-state index contributed by atoms with van der Waals surface area (Å²) in [7, 11) is 0. The molecule has 0 spiro atoms. The van der Waals surface area contributed by atoms with E-state index in [4.69, 9.17) is 0 Å². The SMILES string of the molecule is O=C1CSC(N=Cc2cncnc2)C1.